The van der Waals surface area contributed by atoms with Gasteiger partial charge in [0.05, 0.1) is 6.61 Å². The average Bonchev–Trinajstić information content (AvgIpc) is 2.48. The van der Waals surface area contributed by atoms with E-state index in [4.69, 9.17) is 4.74 Å². The summed E-state index contributed by atoms with van der Waals surface area (Å²) in [5.74, 6) is -0.434. The largest absolute Gasteiger partial charge is 0.504 e. The summed E-state index contributed by atoms with van der Waals surface area (Å²) in [6.07, 6.45) is 14.0. The van der Waals surface area contributed by atoms with E-state index in [1.165, 1.54) is 13.0 Å². The SMILES string of the molecule is CC(=O)OCC/C=C/C=C/C=C/CCc1ccc(O)c(O)c1. The Morgan fingerprint density at radius 3 is 2.36 bits per heavy atom. The van der Waals surface area contributed by atoms with Gasteiger partial charge in [0.25, 0.3) is 0 Å². The summed E-state index contributed by atoms with van der Waals surface area (Å²) >= 11 is 0. The predicted molar refractivity (Wildman–Crippen MR) is 86.8 cm³/mol. The lowest BCUT2D eigenvalue weighted by Gasteiger charge is -2.01. The molecule has 1 aromatic rings. The number of phenols is 2. The molecule has 0 amide bonds. The molecule has 0 heterocycles. The van der Waals surface area contributed by atoms with Crippen molar-refractivity contribution < 1.29 is 19.7 Å². The van der Waals surface area contributed by atoms with Gasteiger partial charge in [0, 0.05) is 6.92 Å². The molecule has 0 aliphatic carbocycles. The third-order valence-corrected chi connectivity index (χ3v) is 2.83. The Balaban J connectivity index is 2.17. The van der Waals surface area contributed by atoms with Crippen LogP contribution in [0, 0.1) is 0 Å². The van der Waals surface area contributed by atoms with Crippen LogP contribution >= 0.6 is 0 Å². The highest BCUT2D eigenvalue weighted by Gasteiger charge is 1.99. The van der Waals surface area contributed by atoms with E-state index in [1.807, 2.05) is 36.5 Å². The molecule has 4 nitrogen and oxygen atoms in total. The summed E-state index contributed by atoms with van der Waals surface area (Å²) in [5.41, 5.74) is 0.981. The van der Waals surface area contributed by atoms with Crippen LogP contribution in [0.1, 0.15) is 25.3 Å². The smallest absolute Gasteiger partial charge is 0.302 e. The van der Waals surface area contributed by atoms with Crippen molar-refractivity contribution in [1.29, 1.82) is 0 Å². The number of carbonyl (C=O) groups is 1. The number of benzene rings is 1. The number of esters is 1. The van der Waals surface area contributed by atoms with Gasteiger partial charge >= 0.3 is 5.97 Å². The monoisotopic (exact) mass is 302 g/mol. The van der Waals surface area contributed by atoms with E-state index in [9.17, 15) is 15.0 Å². The minimum atomic E-state index is -0.256. The van der Waals surface area contributed by atoms with E-state index in [1.54, 1.807) is 12.1 Å². The first-order valence-electron chi connectivity index (χ1n) is 7.22. The quantitative estimate of drug-likeness (QED) is 0.333. The molecule has 0 spiro atoms. The Bertz CT molecular complexity index is 556. The van der Waals surface area contributed by atoms with Crippen molar-refractivity contribution in [3.63, 3.8) is 0 Å². The Hall–Kier alpha value is -2.49. The molecule has 0 atom stereocenters. The summed E-state index contributed by atoms with van der Waals surface area (Å²) < 4.78 is 4.80. The highest BCUT2D eigenvalue weighted by molar-refractivity contribution is 5.65. The number of aromatic hydroxyl groups is 2. The fraction of sp³-hybridized carbons (Fsp3) is 0.278. The molecule has 118 valence electrons. The van der Waals surface area contributed by atoms with Gasteiger partial charge in [0.15, 0.2) is 11.5 Å². The third-order valence-electron chi connectivity index (χ3n) is 2.83. The van der Waals surface area contributed by atoms with Crippen LogP contribution in [0.2, 0.25) is 0 Å². The molecule has 0 aromatic heterocycles. The van der Waals surface area contributed by atoms with Crippen molar-refractivity contribution in [2.45, 2.75) is 26.2 Å². The second-order valence-electron chi connectivity index (χ2n) is 4.73. The Kier molecular flexibility index (Phi) is 8.20. The molecular weight excluding hydrogens is 280 g/mol. The van der Waals surface area contributed by atoms with E-state index in [0.29, 0.717) is 13.0 Å². The fourth-order valence-electron chi connectivity index (χ4n) is 1.72. The van der Waals surface area contributed by atoms with Crippen LogP contribution in [0.3, 0.4) is 0 Å². The van der Waals surface area contributed by atoms with Gasteiger partial charge in [0.1, 0.15) is 0 Å². The van der Waals surface area contributed by atoms with Gasteiger partial charge in [-0.2, -0.15) is 0 Å². The highest BCUT2D eigenvalue weighted by atomic mass is 16.5. The Morgan fingerprint density at radius 1 is 1.05 bits per heavy atom. The van der Waals surface area contributed by atoms with Crippen LogP contribution in [0.4, 0.5) is 0 Å². The van der Waals surface area contributed by atoms with Gasteiger partial charge in [-0.25, -0.2) is 0 Å². The lowest BCUT2D eigenvalue weighted by molar-refractivity contribution is -0.140. The summed E-state index contributed by atoms with van der Waals surface area (Å²) in [5, 5.41) is 18.6. The lowest BCUT2D eigenvalue weighted by atomic mass is 10.1. The zero-order chi connectivity index (χ0) is 16.2. The van der Waals surface area contributed by atoms with Crippen molar-refractivity contribution in [1.82, 2.24) is 0 Å². The number of ether oxygens (including phenoxy) is 1. The molecule has 1 rings (SSSR count). The van der Waals surface area contributed by atoms with Crippen LogP contribution in [-0.2, 0) is 16.0 Å². The number of rotatable bonds is 8. The van der Waals surface area contributed by atoms with Gasteiger partial charge < -0.3 is 14.9 Å². The molecule has 0 saturated carbocycles. The summed E-state index contributed by atoms with van der Waals surface area (Å²) in [6, 6.07) is 4.87. The molecule has 0 aliphatic heterocycles. The van der Waals surface area contributed by atoms with Crippen molar-refractivity contribution in [3.8, 4) is 11.5 Å². The van der Waals surface area contributed by atoms with Gasteiger partial charge in [-0.1, -0.05) is 42.5 Å². The number of phenolic OH excluding ortho intramolecular Hbond substituents is 2. The van der Waals surface area contributed by atoms with Crippen LogP contribution in [0.25, 0.3) is 0 Å². The number of aryl methyl sites for hydroxylation is 1. The van der Waals surface area contributed by atoms with Gasteiger partial charge in [-0.15, -0.1) is 0 Å². The second-order valence-corrected chi connectivity index (χ2v) is 4.73. The molecule has 2 N–H and O–H groups in total. The van der Waals surface area contributed by atoms with Crippen molar-refractivity contribution in [3.05, 3.63) is 60.2 Å². The molecule has 0 unspecified atom stereocenters. The molecule has 0 saturated heterocycles. The minimum Gasteiger partial charge on any atom is -0.504 e. The fourth-order valence-corrected chi connectivity index (χ4v) is 1.72. The summed E-state index contributed by atoms with van der Waals surface area (Å²) in [4.78, 5) is 10.5. The van der Waals surface area contributed by atoms with Crippen molar-refractivity contribution in [2.75, 3.05) is 6.61 Å². The summed E-state index contributed by atoms with van der Waals surface area (Å²) in [7, 11) is 0. The first kappa shape index (κ1) is 17.6. The highest BCUT2D eigenvalue weighted by Crippen LogP contribution is 2.25. The van der Waals surface area contributed by atoms with Crippen molar-refractivity contribution in [2.24, 2.45) is 0 Å². The Labute approximate surface area is 131 Å². The lowest BCUT2D eigenvalue weighted by Crippen LogP contribution is -1.98. The van der Waals surface area contributed by atoms with E-state index in [0.717, 1.165) is 18.4 Å². The number of carbonyl (C=O) groups excluding carboxylic acids is 1. The molecule has 22 heavy (non-hydrogen) atoms. The molecule has 1 aromatic carbocycles. The van der Waals surface area contributed by atoms with Crippen LogP contribution in [-0.4, -0.2) is 22.8 Å². The van der Waals surface area contributed by atoms with Crippen LogP contribution in [0.15, 0.2) is 54.7 Å². The molecule has 4 heteroatoms. The van der Waals surface area contributed by atoms with E-state index < -0.39 is 0 Å². The Morgan fingerprint density at radius 2 is 1.73 bits per heavy atom. The standard InChI is InChI=1S/C18H22O4/c1-15(19)22-13-9-7-5-3-2-4-6-8-10-16-11-12-17(20)18(21)14-16/h2-7,11-12,14,20-21H,8-10,13H2,1H3/b3-2+,6-4+,7-5+. The minimum absolute atomic E-state index is 0.0831. The maximum Gasteiger partial charge on any atom is 0.302 e. The van der Waals surface area contributed by atoms with E-state index in [-0.39, 0.29) is 17.5 Å². The maximum atomic E-state index is 10.5. The zero-order valence-corrected chi connectivity index (χ0v) is 12.7. The van der Waals surface area contributed by atoms with E-state index in [2.05, 4.69) is 0 Å². The molecule has 0 aliphatic rings. The maximum absolute atomic E-state index is 10.5. The average molecular weight is 302 g/mol. The van der Waals surface area contributed by atoms with Crippen molar-refractivity contribution >= 4 is 5.97 Å². The molecule has 0 bridgehead atoms. The number of hydrogen-bond donors (Lipinski definition) is 2. The zero-order valence-electron chi connectivity index (χ0n) is 12.7. The summed E-state index contributed by atoms with van der Waals surface area (Å²) in [6.45, 7) is 1.81. The first-order valence-corrected chi connectivity index (χ1v) is 7.22. The van der Waals surface area contributed by atoms with Gasteiger partial charge in [0.2, 0.25) is 0 Å². The second kappa shape index (κ2) is 10.3. The van der Waals surface area contributed by atoms with Crippen LogP contribution in [0.5, 0.6) is 11.5 Å². The normalized spacial score (nSPS) is 11.7. The molecule has 0 fully saturated rings. The number of allylic oxidation sites excluding steroid dienone is 5. The molecular formula is C18H22O4. The topological polar surface area (TPSA) is 66.8 Å². The predicted octanol–water partition coefficient (Wildman–Crippen LogP) is 3.65. The molecule has 0 radical (unpaired) electrons. The third kappa shape index (κ3) is 7.94. The van der Waals surface area contributed by atoms with E-state index >= 15 is 0 Å². The van der Waals surface area contributed by atoms with Gasteiger partial charge in [-0.05, 0) is 37.0 Å². The number of hydrogen-bond acceptors (Lipinski definition) is 4. The van der Waals surface area contributed by atoms with Crippen LogP contribution < -0.4 is 0 Å². The van der Waals surface area contributed by atoms with Gasteiger partial charge in [-0.3, -0.25) is 4.79 Å². The first-order chi connectivity index (χ1) is 10.6.